The van der Waals surface area contributed by atoms with E-state index in [1.165, 1.54) is 11.1 Å². The zero-order valence-corrected chi connectivity index (χ0v) is 13.8. The lowest BCUT2D eigenvalue weighted by Gasteiger charge is -2.14. The highest BCUT2D eigenvalue weighted by atomic mass is 35.5. The van der Waals surface area contributed by atoms with Gasteiger partial charge in [-0.15, -0.1) is 0 Å². The van der Waals surface area contributed by atoms with Gasteiger partial charge in [0.05, 0.1) is 0 Å². The monoisotopic (exact) mass is 303 g/mol. The minimum Gasteiger partial charge on any atom is -0.366 e. The SMILES string of the molecule is CCc1ccccc1CNc1nc(C(C)C)nc(Cl)c1C. The molecule has 1 N–H and O–H groups in total. The molecule has 1 heterocycles. The summed E-state index contributed by atoms with van der Waals surface area (Å²) in [4.78, 5) is 8.93. The highest BCUT2D eigenvalue weighted by Crippen LogP contribution is 2.23. The molecule has 0 radical (unpaired) electrons. The van der Waals surface area contributed by atoms with Crippen LogP contribution in [0.2, 0.25) is 5.15 Å². The van der Waals surface area contributed by atoms with Crippen LogP contribution >= 0.6 is 11.6 Å². The van der Waals surface area contributed by atoms with E-state index in [9.17, 15) is 0 Å². The summed E-state index contributed by atoms with van der Waals surface area (Å²) in [5.74, 6) is 1.85. The van der Waals surface area contributed by atoms with Crippen LogP contribution < -0.4 is 5.32 Å². The topological polar surface area (TPSA) is 37.8 Å². The van der Waals surface area contributed by atoms with Crippen molar-refractivity contribution in [3.63, 3.8) is 0 Å². The maximum atomic E-state index is 6.21. The maximum absolute atomic E-state index is 6.21. The Kier molecular flexibility index (Phi) is 5.18. The number of benzene rings is 1. The second kappa shape index (κ2) is 6.90. The predicted octanol–water partition coefficient (Wildman–Crippen LogP) is 4.74. The summed E-state index contributed by atoms with van der Waals surface area (Å²) in [5, 5.41) is 3.93. The number of nitrogens with zero attached hydrogens (tertiary/aromatic N) is 2. The normalized spacial score (nSPS) is 11.0. The molecule has 2 aromatic rings. The molecule has 0 spiro atoms. The van der Waals surface area contributed by atoms with Crippen molar-refractivity contribution in [3.05, 3.63) is 51.9 Å². The van der Waals surface area contributed by atoms with Crippen molar-refractivity contribution in [2.45, 2.75) is 46.6 Å². The van der Waals surface area contributed by atoms with Crippen LogP contribution in [0.3, 0.4) is 0 Å². The fourth-order valence-electron chi connectivity index (χ4n) is 2.19. The van der Waals surface area contributed by atoms with E-state index in [0.29, 0.717) is 5.15 Å². The molecule has 1 aromatic heterocycles. The van der Waals surface area contributed by atoms with Crippen LogP contribution in [0.15, 0.2) is 24.3 Å². The Labute approximate surface area is 131 Å². The highest BCUT2D eigenvalue weighted by Gasteiger charge is 2.12. The van der Waals surface area contributed by atoms with Crippen molar-refractivity contribution >= 4 is 17.4 Å². The van der Waals surface area contributed by atoms with Gasteiger partial charge in [-0.2, -0.15) is 0 Å². The molecule has 0 saturated heterocycles. The largest absolute Gasteiger partial charge is 0.366 e. The number of anilines is 1. The van der Waals surface area contributed by atoms with E-state index in [4.69, 9.17) is 11.6 Å². The van der Waals surface area contributed by atoms with Crippen LogP contribution in [0.5, 0.6) is 0 Å². The number of aryl methyl sites for hydroxylation is 1. The third-order valence-electron chi connectivity index (χ3n) is 3.57. The van der Waals surface area contributed by atoms with Gasteiger partial charge in [-0.25, -0.2) is 9.97 Å². The van der Waals surface area contributed by atoms with E-state index in [1.807, 2.05) is 6.92 Å². The second-order valence-electron chi connectivity index (χ2n) is 5.48. The molecule has 21 heavy (non-hydrogen) atoms. The van der Waals surface area contributed by atoms with Crippen molar-refractivity contribution in [3.8, 4) is 0 Å². The fourth-order valence-corrected chi connectivity index (χ4v) is 2.37. The zero-order valence-electron chi connectivity index (χ0n) is 13.1. The molecular weight excluding hydrogens is 282 g/mol. The Balaban J connectivity index is 2.23. The first-order chi connectivity index (χ1) is 10.0. The van der Waals surface area contributed by atoms with Gasteiger partial charge in [-0.1, -0.05) is 56.6 Å². The van der Waals surface area contributed by atoms with Crippen LogP contribution in [0.4, 0.5) is 5.82 Å². The molecule has 0 unspecified atom stereocenters. The summed E-state index contributed by atoms with van der Waals surface area (Å²) in [7, 11) is 0. The lowest BCUT2D eigenvalue weighted by Crippen LogP contribution is -2.09. The minimum absolute atomic E-state index is 0.256. The molecule has 112 valence electrons. The lowest BCUT2D eigenvalue weighted by molar-refractivity contribution is 0.771. The van der Waals surface area contributed by atoms with Gasteiger partial charge >= 0.3 is 0 Å². The maximum Gasteiger partial charge on any atom is 0.137 e. The van der Waals surface area contributed by atoms with E-state index in [0.717, 1.165) is 30.2 Å². The van der Waals surface area contributed by atoms with Crippen LogP contribution in [-0.2, 0) is 13.0 Å². The van der Waals surface area contributed by atoms with E-state index in [-0.39, 0.29) is 5.92 Å². The van der Waals surface area contributed by atoms with Gasteiger partial charge in [0.25, 0.3) is 0 Å². The average molecular weight is 304 g/mol. The number of aromatic nitrogens is 2. The summed E-state index contributed by atoms with van der Waals surface area (Å²) in [5.41, 5.74) is 3.54. The Morgan fingerprint density at radius 2 is 1.81 bits per heavy atom. The molecule has 0 aliphatic heterocycles. The van der Waals surface area contributed by atoms with Crippen LogP contribution in [0.25, 0.3) is 0 Å². The van der Waals surface area contributed by atoms with Crippen molar-refractivity contribution < 1.29 is 0 Å². The summed E-state index contributed by atoms with van der Waals surface area (Å²) >= 11 is 6.21. The van der Waals surface area contributed by atoms with Gasteiger partial charge in [0.2, 0.25) is 0 Å². The summed E-state index contributed by atoms with van der Waals surface area (Å²) in [6.45, 7) is 8.99. The lowest BCUT2D eigenvalue weighted by atomic mass is 10.1. The van der Waals surface area contributed by atoms with Gasteiger partial charge in [0.1, 0.15) is 16.8 Å². The molecule has 4 heteroatoms. The number of hydrogen-bond donors (Lipinski definition) is 1. The van der Waals surface area contributed by atoms with Crippen LogP contribution in [0, 0.1) is 6.92 Å². The van der Waals surface area contributed by atoms with Crippen LogP contribution in [-0.4, -0.2) is 9.97 Å². The van der Waals surface area contributed by atoms with E-state index in [2.05, 4.69) is 60.3 Å². The molecule has 0 bridgehead atoms. The predicted molar refractivity (Wildman–Crippen MR) is 89.0 cm³/mol. The van der Waals surface area contributed by atoms with E-state index in [1.54, 1.807) is 0 Å². The molecule has 0 saturated carbocycles. The fraction of sp³-hybridized carbons (Fsp3) is 0.412. The number of hydrogen-bond acceptors (Lipinski definition) is 3. The Morgan fingerprint density at radius 1 is 1.14 bits per heavy atom. The molecule has 0 atom stereocenters. The second-order valence-corrected chi connectivity index (χ2v) is 5.83. The zero-order chi connectivity index (χ0) is 15.4. The van der Waals surface area contributed by atoms with Gasteiger partial charge in [-0.05, 0) is 24.5 Å². The molecule has 0 amide bonds. The molecule has 2 rings (SSSR count). The average Bonchev–Trinajstić information content (AvgIpc) is 2.48. The van der Waals surface area contributed by atoms with Crippen molar-refractivity contribution in [1.82, 2.24) is 9.97 Å². The molecular formula is C17H22ClN3. The van der Waals surface area contributed by atoms with Gasteiger partial charge < -0.3 is 5.32 Å². The van der Waals surface area contributed by atoms with Crippen LogP contribution in [0.1, 0.15) is 49.2 Å². The molecule has 0 fully saturated rings. The summed E-state index contributed by atoms with van der Waals surface area (Å²) < 4.78 is 0. The first-order valence-electron chi connectivity index (χ1n) is 7.37. The van der Waals surface area contributed by atoms with Gasteiger partial charge in [0.15, 0.2) is 0 Å². The van der Waals surface area contributed by atoms with Gasteiger partial charge in [-0.3, -0.25) is 0 Å². The molecule has 1 aromatic carbocycles. The molecule has 3 nitrogen and oxygen atoms in total. The minimum atomic E-state index is 0.256. The standard InChI is InChI=1S/C17H22ClN3/c1-5-13-8-6-7-9-14(13)10-19-17-12(4)15(18)20-16(21-17)11(2)3/h6-9,11H,5,10H2,1-4H3,(H,19,20,21). The first-order valence-corrected chi connectivity index (χ1v) is 7.75. The highest BCUT2D eigenvalue weighted by molar-refractivity contribution is 6.30. The molecule has 0 aliphatic rings. The van der Waals surface area contributed by atoms with E-state index >= 15 is 0 Å². The number of rotatable bonds is 5. The number of nitrogens with one attached hydrogen (secondary N) is 1. The quantitative estimate of drug-likeness (QED) is 0.811. The van der Waals surface area contributed by atoms with Gasteiger partial charge in [0, 0.05) is 18.0 Å². The Hall–Kier alpha value is -1.61. The summed E-state index contributed by atoms with van der Waals surface area (Å²) in [6, 6.07) is 8.45. The van der Waals surface area contributed by atoms with E-state index < -0.39 is 0 Å². The third-order valence-corrected chi connectivity index (χ3v) is 3.93. The van der Waals surface area contributed by atoms with Crippen molar-refractivity contribution in [2.24, 2.45) is 0 Å². The molecule has 0 aliphatic carbocycles. The first kappa shape index (κ1) is 15.8. The van der Waals surface area contributed by atoms with Crippen molar-refractivity contribution in [2.75, 3.05) is 5.32 Å². The Bertz CT molecular complexity index is 623. The Morgan fingerprint density at radius 3 is 2.43 bits per heavy atom. The van der Waals surface area contributed by atoms with Crippen molar-refractivity contribution in [1.29, 1.82) is 0 Å². The smallest absolute Gasteiger partial charge is 0.137 e. The third kappa shape index (κ3) is 3.73. The summed E-state index contributed by atoms with van der Waals surface area (Å²) in [6.07, 6.45) is 1.03. The number of halogens is 1.